The summed E-state index contributed by atoms with van der Waals surface area (Å²) in [6.45, 7) is 4.89. The number of anilines is 1. The van der Waals surface area contributed by atoms with Gasteiger partial charge in [0.2, 0.25) is 11.9 Å². The SMILES string of the molecule is CC1(C)[C@H](CC(=O)/C(=N\OC(COc2ccc3nc(CC4CCNCC4)ccc3c2)c2nn[nH]n2)c2csc(N)n2)C(=O)N1OS(=O)(=O)O. The minimum absolute atomic E-state index is 0.0895. The third kappa shape index (κ3) is 7.99. The molecule has 2 saturated heterocycles. The summed E-state index contributed by atoms with van der Waals surface area (Å²) in [6, 6.07) is 9.58. The number of nitrogens with zero attached hydrogens (tertiary/aromatic N) is 7. The van der Waals surface area contributed by atoms with Crippen LogP contribution in [-0.2, 0) is 35.5 Å². The molecule has 0 aliphatic carbocycles. The third-order valence-electron chi connectivity index (χ3n) is 8.46. The number of benzene rings is 1. The summed E-state index contributed by atoms with van der Waals surface area (Å²) >= 11 is 1.06. The van der Waals surface area contributed by atoms with Crippen molar-refractivity contribution in [3.8, 4) is 5.75 Å². The van der Waals surface area contributed by atoms with Crippen molar-refractivity contribution in [1.29, 1.82) is 0 Å². The Morgan fingerprint density at radius 1 is 1.22 bits per heavy atom. The van der Waals surface area contributed by atoms with Crippen molar-refractivity contribution in [3.05, 3.63) is 52.9 Å². The number of amides is 1. The zero-order valence-electron chi connectivity index (χ0n) is 26.5. The number of piperidine rings is 1. The van der Waals surface area contributed by atoms with Crippen LogP contribution >= 0.6 is 11.3 Å². The number of nitrogen functional groups attached to an aromatic ring is 1. The van der Waals surface area contributed by atoms with Crippen LogP contribution in [0.2, 0.25) is 0 Å². The minimum Gasteiger partial charge on any atom is -0.489 e. The molecule has 6 rings (SSSR count). The van der Waals surface area contributed by atoms with E-state index in [0.29, 0.717) is 16.7 Å². The number of ketones is 1. The number of oxime groups is 1. The number of rotatable bonds is 14. The Labute approximate surface area is 284 Å². The summed E-state index contributed by atoms with van der Waals surface area (Å²) in [5.74, 6) is -1.26. The Morgan fingerprint density at radius 2 is 2.02 bits per heavy atom. The van der Waals surface area contributed by atoms with Gasteiger partial charge in [-0.3, -0.25) is 19.1 Å². The van der Waals surface area contributed by atoms with E-state index in [9.17, 15) is 18.0 Å². The summed E-state index contributed by atoms with van der Waals surface area (Å²) in [5.41, 5.74) is 6.30. The fraction of sp³-hybridized carbons (Fsp3) is 0.448. The molecule has 1 amide bonds. The van der Waals surface area contributed by atoms with Gasteiger partial charge in [-0.15, -0.1) is 25.8 Å². The number of aromatic amines is 1. The Morgan fingerprint density at radius 3 is 2.69 bits per heavy atom. The topological polar surface area (TPSA) is 250 Å². The molecule has 2 fully saturated rings. The van der Waals surface area contributed by atoms with E-state index in [0.717, 1.165) is 60.3 Å². The van der Waals surface area contributed by atoms with Gasteiger partial charge in [-0.25, -0.2) is 4.98 Å². The van der Waals surface area contributed by atoms with Gasteiger partial charge in [0.1, 0.15) is 18.1 Å². The van der Waals surface area contributed by atoms with E-state index < -0.39 is 46.1 Å². The number of Topliss-reactive ketones (excluding diaryl/α,β-unsaturated/α-hetero) is 1. The highest BCUT2D eigenvalue weighted by Gasteiger charge is 2.57. The maximum atomic E-state index is 13.6. The van der Waals surface area contributed by atoms with E-state index in [-0.39, 0.29) is 29.0 Å². The lowest BCUT2D eigenvalue weighted by Crippen LogP contribution is -2.68. The van der Waals surface area contributed by atoms with Crippen LogP contribution in [0, 0.1) is 11.8 Å². The molecule has 0 spiro atoms. The minimum atomic E-state index is -4.96. The van der Waals surface area contributed by atoms with Crippen molar-refractivity contribution >= 4 is 55.2 Å². The van der Waals surface area contributed by atoms with E-state index in [1.165, 1.54) is 19.2 Å². The van der Waals surface area contributed by atoms with Gasteiger partial charge in [-0.1, -0.05) is 16.4 Å². The third-order valence-corrected chi connectivity index (χ3v) is 9.47. The molecule has 5 heterocycles. The number of fused-ring (bicyclic) bond motifs is 1. The highest BCUT2D eigenvalue weighted by atomic mass is 32.3. The van der Waals surface area contributed by atoms with Gasteiger partial charge in [-0.2, -0.15) is 18.7 Å². The number of aromatic nitrogens is 6. The average Bonchev–Trinajstić information content (AvgIpc) is 3.76. The molecular weight excluding hydrogens is 681 g/mol. The van der Waals surface area contributed by atoms with Crippen molar-refractivity contribution in [2.45, 2.75) is 51.2 Å². The van der Waals surface area contributed by atoms with Crippen LogP contribution in [0.1, 0.15) is 56.4 Å². The molecule has 18 nitrogen and oxygen atoms in total. The molecule has 260 valence electrons. The van der Waals surface area contributed by atoms with Gasteiger partial charge >= 0.3 is 10.4 Å². The summed E-state index contributed by atoms with van der Waals surface area (Å²) in [6.07, 6.45) is 1.76. The first kappa shape index (κ1) is 34.2. The number of nitrogens with two attached hydrogens (primary N) is 1. The number of β-lactam (4-membered cyclic amide) rings is 1. The maximum Gasteiger partial charge on any atom is 0.418 e. The first-order chi connectivity index (χ1) is 23.4. The number of hydrogen-bond acceptors (Lipinski definition) is 16. The predicted molar refractivity (Wildman–Crippen MR) is 174 cm³/mol. The monoisotopic (exact) mass is 714 g/mol. The van der Waals surface area contributed by atoms with Crippen LogP contribution in [0.3, 0.4) is 0 Å². The van der Waals surface area contributed by atoms with Crippen molar-refractivity contribution in [2.75, 3.05) is 25.4 Å². The average molecular weight is 715 g/mol. The van der Waals surface area contributed by atoms with Crippen LogP contribution < -0.4 is 15.8 Å². The van der Waals surface area contributed by atoms with Crippen molar-refractivity contribution in [1.82, 2.24) is 41.0 Å². The number of pyridine rings is 1. The summed E-state index contributed by atoms with van der Waals surface area (Å²) < 4.78 is 41.9. The molecule has 2 aliphatic heterocycles. The normalized spacial score (nSPS) is 19.1. The fourth-order valence-electron chi connectivity index (χ4n) is 5.76. The second kappa shape index (κ2) is 14.1. The first-order valence-corrected chi connectivity index (χ1v) is 17.6. The Kier molecular flexibility index (Phi) is 9.84. The van der Waals surface area contributed by atoms with E-state index >= 15 is 0 Å². The first-order valence-electron chi connectivity index (χ1n) is 15.3. The summed E-state index contributed by atoms with van der Waals surface area (Å²) in [5, 5.41) is 24.4. The van der Waals surface area contributed by atoms with Crippen LogP contribution in [0.5, 0.6) is 5.75 Å². The number of carbonyl (C=O) groups is 2. The molecule has 20 heteroatoms. The molecular formula is C29H34N10O8S2. The van der Waals surface area contributed by atoms with E-state index in [1.807, 2.05) is 24.3 Å². The smallest absolute Gasteiger partial charge is 0.418 e. The lowest BCUT2D eigenvalue weighted by molar-refractivity contribution is -0.228. The van der Waals surface area contributed by atoms with Crippen molar-refractivity contribution in [2.24, 2.45) is 17.0 Å². The lowest BCUT2D eigenvalue weighted by atomic mass is 9.74. The largest absolute Gasteiger partial charge is 0.489 e. The summed E-state index contributed by atoms with van der Waals surface area (Å²) in [4.78, 5) is 41.0. The number of H-pyrrole nitrogens is 1. The Balaban J connectivity index is 1.17. The second-order valence-electron chi connectivity index (χ2n) is 12.2. The zero-order valence-corrected chi connectivity index (χ0v) is 28.1. The van der Waals surface area contributed by atoms with Gasteiger partial charge in [0.05, 0.1) is 17.0 Å². The molecule has 3 aromatic heterocycles. The number of tetrazole rings is 1. The number of hydrogen-bond donors (Lipinski definition) is 4. The second-order valence-corrected chi connectivity index (χ2v) is 14.1. The van der Waals surface area contributed by atoms with Crippen LogP contribution in [0.25, 0.3) is 10.9 Å². The van der Waals surface area contributed by atoms with E-state index in [4.69, 9.17) is 24.8 Å². The number of carbonyl (C=O) groups excluding carboxylic acids is 2. The fourth-order valence-corrected chi connectivity index (χ4v) is 6.77. The number of nitrogens with one attached hydrogen (secondary N) is 2. The standard InChI is InChI=1S/C29H34N10O8S2/c1-29(2)20(27(41)39(29)47-49(42,43)44)13-23(40)25(22-15-48-28(30)33-22)36-46-24(26-34-37-38-35-26)14-45-19-5-6-21-17(12-19)3-4-18(32-21)11-16-7-9-31-10-8-16/h3-6,12,15-16,20,24,31H,7-11,13-14H2,1-2H3,(H2,30,33)(H,42,43,44)(H,34,35,37,38)/b36-25-/t20-,24?/m1/s1. The predicted octanol–water partition coefficient (Wildman–Crippen LogP) is 1.80. The lowest BCUT2D eigenvalue weighted by Gasteiger charge is -2.50. The number of hydroxylamine groups is 2. The van der Waals surface area contributed by atoms with E-state index in [2.05, 4.69) is 40.4 Å². The molecule has 0 bridgehead atoms. The van der Waals surface area contributed by atoms with Crippen LogP contribution in [0.15, 0.2) is 40.9 Å². The quantitative estimate of drug-likeness (QED) is 0.0629. The highest BCUT2D eigenvalue weighted by molar-refractivity contribution is 7.80. The highest BCUT2D eigenvalue weighted by Crippen LogP contribution is 2.40. The molecule has 0 radical (unpaired) electrons. The van der Waals surface area contributed by atoms with Gasteiger partial charge in [-0.05, 0) is 76.4 Å². The summed E-state index contributed by atoms with van der Waals surface area (Å²) in [7, 11) is -4.96. The van der Waals surface area contributed by atoms with Gasteiger partial charge in [0.25, 0.3) is 5.91 Å². The van der Waals surface area contributed by atoms with Crippen LogP contribution in [-0.4, -0.2) is 91.3 Å². The molecule has 1 unspecified atom stereocenters. The molecule has 1 aromatic carbocycles. The van der Waals surface area contributed by atoms with Crippen molar-refractivity contribution in [3.63, 3.8) is 0 Å². The zero-order chi connectivity index (χ0) is 34.8. The number of ether oxygens (including phenoxy) is 1. The molecule has 49 heavy (non-hydrogen) atoms. The number of thiazole rings is 1. The molecule has 4 aromatic rings. The molecule has 0 saturated carbocycles. The molecule has 5 N–H and O–H groups in total. The van der Waals surface area contributed by atoms with Crippen LogP contribution in [0.4, 0.5) is 5.13 Å². The van der Waals surface area contributed by atoms with Gasteiger partial charge in [0, 0.05) is 22.9 Å². The Bertz CT molecular complexity index is 1960. The molecule has 2 aliphatic rings. The van der Waals surface area contributed by atoms with Gasteiger partial charge < -0.3 is 20.6 Å². The van der Waals surface area contributed by atoms with Crippen molar-refractivity contribution < 1.29 is 36.4 Å². The molecule has 2 atom stereocenters. The van der Waals surface area contributed by atoms with E-state index in [1.54, 1.807) is 6.07 Å². The van der Waals surface area contributed by atoms with Gasteiger partial charge in [0.15, 0.2) is 16.6 Å². The maximum absolute atomic E-state index is 13.6. The Hall–Kier alpha value is -4.63.